The first-order valence-corrected chi connectivity index (χ1v) is 7.29. The highest BCUT2D eigenvalue weighted by molar-refractivity contribution is 6.03. The van der Waals surface area contributed by atoms with Crippen LogP contribution in [0.2, 0.25) is 0 Å². The summed E-state index contributed by atoms with van der Waals surface area (Å²) in [7, 11) is 0. The number of allylic oxidation sites excluding steroid dienone is 1. The molecule has 0 saturated carbocycles. The van der Waals surface area contributed by atoms with Crippen LogP contribution in [-0.2, 0) is 9.53 Å². The Kier molecular flexibility index (Phi) is 6.16. The fourth-order valence-electron chi connectivity index (χ4n) is 1.69. The maximum Gasteiger partial charge on any atom is 0.412 e. The van der Waals surface area contributed by atoms with Crippen molar-refractivity contribution in [2.24, 2.45) is 0 Å². The van der Waals surface area contributed by atoms with E-state index in [1.54, 1.807) is 52.0 Å². The van der Waals surface area contributed by atoms with Gasteiger partial charge in [0.25, 0.3) is 5.91 Å². The van der Waals surface area contributed by atoms with Crippen molar-refractivity contribution >= 4 is 23.4 Å². The number of ether oxygens (including phenoxy) is 1. The summed E-state index contributed by atoms with van der Waals surface area (Å²) in [4.78, 5) is 23.5. The fraction of sp³-hybridized carbons (Fsp3) is 0.412. The molecular weight excluding hydrogens is 280 g/mol. The summed E-state index contributed by atoms with van der Waals surface area (Å²) in [5, 5.41) is 5.43. The number of carbonyl (C=O) groups is 2. The normalized spacial score (nSPS) is 11.8. The molecule has 22 heavy (non-hydrogen) atoms. The van der Waals surface area contributed by atoms with Gasteiger partial charge in [0.15, 0.2) is 0 Å². The third kappa shape index (κ3) is 6.43. The Morgan fingerprint density at radius 1 is 1.09 bits per heavy atom. The quantitative estimate of drug-likeness (QED) is 0.814. The van der Waals surface area contributed by atoms with E-state index in [4.69, 9.17) is 4.74 Å². The highest BCUT2D eigenvalue weighted by atomic mass is 16.6. The third-order valence-electron chi connectivity index (χ3n) is 2.66. The lowest BCUT2D eigenvalue weighted by atomic mass is 10.2. The lowest BCUT2D eigenvalue weighted by molar-refractivity contribution is -0.112. The Balaban J connectivity index is 2.62. The summed E-state index contributed by atoms with van der Waals surface area (Å²) < 4.78 is 5.17. The van der Waals surface area contributed by atoms with E-state index in [2.05, 4.69) is 10.6 Å². The topological polar surface area (TPSA) is 67.4 Å². The predicted octanol–water partition coefficient (Wildman–Crippen LogP) is 4.33. The molecule has 0 aliphatic carbocycles. The van der Waals surface area contributed by atoms with Crippen LogP contribution in [0, 0.1) is 0 Å². The van der Waals surface area contributed by atoms with Crippen molar-refractivity contribution in [2.75, 3.05) is 10.6 Å². The van der Waals surface area contributed by atoms with E-state index >= 15 is 0 Å². The van der Waals surface area contributed by atoms with Crippen molar-refractivity contribution in [1.29, 1.82) is 0 Å². The van der Waals surface area contributed by atoms with Crippen LogP contribution in [0.5, 0.6) is 0 Å². The zero-order chi connectivity index (χ0) is 16.8. The Hall–Kier alpha value is -2.30. The molecule has 0 aliphatic heterocycles. The van der Waals surface area contributed by atoms with Gasteiger partial charge in [0.1, 0.15) is 5.60 Å². The summed E-state index contributed by atoms with van der Waals surface area (Å²) in [6.07, 6.45) is 2.18. The van der Waals surface area contributed by atoms with E-state index in [-0.39, 0.29) is 5.91 Å². The van der Waals surface area contributed by atoms with E-state index in [1.807, 2.05) is 13.0 Å². The standard InChI is InChI=1S/C17H24N2O3/c1-6-7-12(2)15(20)18-13-8-10-14(11-9-13)19-16(21)22-17(3,4)5/h7-11H,6H2,1-5H3,(H,18,20)(H,19,21). The second kappa shape index (κ2) is 7.64. The minimum Gasteiger partial charge on any atom is -0.444 e. The van der Waals surface area contributed by atoms with Crippen LogP contribution in [0.3, 0.4) is 0 Å². The van der Waals surface area contributed by atoms with Crippen LogP contribution in [0.1, 0.15) is 41.0 Å². The molecule has 0 aromatic heterocycles. The van der Waals surface area contributed by atoms with E-state index in [0.29, 0.717) is 16.9 Å². The van der Waals surface area contributed by atoms with Gasteiger partial charge in [-0.1, -0.05) is 13.0 Å². The molecule has 2 N–H and O–H groups in total. The minimum absolute atomic E-state index is 0.130. The van der Waals surface area contributed by atoms with E-state index in [9.17, 15) is 9.59 Å². The predicted molar refractivity (Wildman–Crippen MR) is 89.0 cm³/mol. The number of hydrogen-bond donors (Lipinski definition) is 2. The van der Waals surface area contributed by atoms with Gasteiger partial charge in [-0.25, -0.2) is 4.79 Å². The van der Waals surface area contributed by atoms with Gasteiger partial charge >= 0.3 is 6.09 Å². The SMILES string of the molecule is CCC=C(C)C(=O)Nc1ccc(NC(=O)OC(C)(C)C)cc1. The molecule has 0 saturated heterocycles. The zero-order valence-electron chi connectivity index (χ0n) is 13.8. The lowest BCUT2D eigenvalue weighted by Gasteiger charge is -2.19. The molecule has 0 radical (unpaired) electrons. The van der Waals surface area contributed by atoms with Crippen LogP contribution in [0.25, 0.3) is 0 Å². The molecule has 0 atom stereocenters. The van der Waals surface area contributed by atoms with Gasteiger partial charge in [-0.05, 0) is 58.4 Å². The first-order valence-electron chi connectivity index (χ1n) is 7.29. The maximum atomic E-state index is 11.9. The highest BCUT2D eigenvalue weighted by Gasteiger charge is 2.16. The summed E-state index contributed by atoms with van der Waals surface area (Å²) in [6.45, 7) is 9.16. The Morgan fingerprint density at radius 3 is 2.05 bits per heavy atom. The van der Waals surface area contributed by atoms with Crippen LogP contribution in [0.15, 0.2) is 35.9 Å². The molecule has 120 valence electrons. The molecule has 0 aliphatic rings. The van der Waals surface area contributed by atoms with Crippen LogP contribution < -0.4 is 10.6 Å². The zero-order valence-corrected chi connectivity index (χ0v) is 13.8. The second-order valence-corrected chi connectivity index (χ2v) is 5.95. The molecule has 5 nitrogen and oxygen atoms in total. The largest absolute Gasteiger partial charge is 0.444 e. The summed E-state index contributed by atoms with van der Waals surface area (Å²) in [5.41, 5.74) is 1.41. The Labute approximate surface area is 131 Å². The Morgan fingerprint density at radius 2 is 1.59 bits per heavy atom. The van der Waals surface area contributed by atoms with Crippen molar-refractivity contribution < 1.29 is 14.3 Å². The van der Waals surface area contributed by atoms with Gasteiger partial charge in [-0.2, -0.15) is 0 Å². The molecule has 0 unspecified atom stereocenters. The molecule has 2 amide bonds. The van der Waals surface area contributed by atoms with Crippen LogP contribution in [-0.4, -0.2) is 17.6 Å². The molecule has 1 aromatic carbocycles. The monoisotopic (exact) mass is 304 g/mol. The number of benzene rings is 1. The van der Waals surface area contributed by atoms with E-state index < -0.39 is 11.7 Å². The molecule has 0 fully saturated rings. The third-order valence-corrected chi connectivity index (χ3v) is 2.66. The average molecular weight is 304 g/mol. The smallest absolute Gasteiger partial charge is 0.412 e. The first kappa shape index (κ1) is 17.8. The fourth-order valence-corrected chi connectivity index (χ4v) is 1.69. The summed E-state index contributed by atoms with van der Waals surface area (Å²) in [6, 6.07) is 6.87. The summed E-state index contributed by atoms with van der Waals surface area (Å²) >= 11 is 0. The molecule has 1 aromatic rings. The highest BCUT2D eigenvalue weighted by Crippen LogP contribution is 2.16. The minimum atomic E-state index is -0.541. The maximum absolute atomic E-state index is 11.9. The van der Waals surface area contributed by atoms with E-state index in [0.717, 1.165) is 6.42 Å². The van der Waals surface area contributed by atoms with Crippen molar-refractivity contribution in [2.45, 2.75) is 46.6 Å². The van der Waals surface area contributed by atoms with Crippen LogP contribution >= 0.6 is 0 Å². The van der Waals surface area contributed by atoms with Crippen molar-refractivity contribution in [3.8, 4) is 0 Å². The molecule has 0 heterocycles. The molecule has 1 rings (SSSR count). The van der Waals surface area contributed by atoms with Gasteiger partial charge in [0.2, 0.25) is 0 Å². The van der Waals surface area contributed by atoms with Gasteiger partial charge in [0.05, 0.1) is 0 Å². The van der Waals surface area contributed by atoms with E-state index in [1.165, 1.54) is 0 Å². The average Bonchev–Trinajstić information content (AvgIpc) is 2.39. The Bertz CT molecular complexity index is 554. The van der Waals surface area contributed by atoms with Gasteiger partial charge in [-0.3, -0.25) is 10.1 Å². The van der Waals surface area contributed by atoms with Crippen molar-refractivity contribution in [1.82, 2.24) is 0 Å². The van der Waals surface area contributed by atoms with Gasteiger partial charge < -0.3 is 10.1 Å². The van der Waals surface area contributed by atoms with Crippen LogP contribution in [0.4, 0.5) is 16.2 Å². The number of nitrogens with one attached hydrogen (secondary N) is 2. The number of rotatable bonds is 4. The molecule has 0 spiro atoms. The second-order valence-electron chi connectivity index (χ2n) is 5.95. The lowest BCUT2D eigenvalue weighted by Crippen LogP contribution is -2.27. The summed E-state index contributed by atoms with van der Waals surface area (Å²) in [5.74, 6) is -0.130. The molecular formula is C17H24N2O3. The number of carbonyl (C=O) groups excluding carboxylic acids is 2. The number of hydrogen-bond acceptors (Lipinski definition) is 3. The number of amides is 2. The van der Waals surface area contributed by atoms with Gasteiger partial charge in [-0.15, -0.1) is 0 Å². The molecule has 0 bridgehead atoms. The van der Waals surface area contributed by atoms with Crippen molar-refractivity contribution in [3.63, 3.8) is 0 Å². The first-order chi connectivity index (χ1) is 10.2. The van der Waals surface area contributed by atoms with Gasteiger partial charge in [0, 0.05) is 16.9 Å². The number of anilines is 2. The van der Waals surface area contributed by atoms with Crippen molar-refractivity contribution in [3.05, 3.63) is 35.9 Å². The molecule has 5 heteroatoms.